The molecule has 2 heterocycles. The van der Waals surface area contributed by atoms with Crippen LogP contribution in [0.15, 0.2) is 71.9 Å². The number of carbonyl (C=O) groups is 1. The van der Waals surface area contributed by atoms with Gasteiger partial charge >= 0.3 is 0 Å². The SMILES string of the molecule is COc1ccc(NS(=O)(=O)c2ccc(CNC(=O)c3cc4cnccc4[nH]3)cc2)c(C)c1. The number of aryl methyl sites for hydroxylation is 1. The Morgan fingerprint density at radius 2 is 1.88 bits per heavy atom. The van der Waals surface area contributed by atoms with Crippen molar-refractivity contribution in [3.63, 3.8) is 0 Å². The Kier molecular flexibility index (Phi) is 5.83. The molecule has 0 radical (unpaired) electrons. The molecule has 0 unspecified atom stereocenters. The van der Waals surface area contributed by atoms with E-state index in [-0.39, 0.29) is 17.3 Å². The number of aromatic nitrogens is 2. The molecule has 8 nitrogen and oxygen atoms in total. The monoisotopic (exact) mass is 450 g/mol. The Morgan fingerprint density at radius 1 is 1.09 bits per heavy atom. The number of aromatic amines is 1. The molecule has 2 aromatic carbocycles. The molecule has 4 aromatic rings. The molecule has 0 fully saturated rings. The highest BCUT2D eigenvalue weighted by atomic mass is 32.2. The van der Waals surface area contributed by atoms with Crippen molar-refractivity contribution in [3.05, 3.63) is 83.8 Å². The molecule has 3 N–H and O–H groups in total. The Bertz CT molecular complexity index is 1350. The summed E-state index contributed by atoms with van der Waals surface area (Å²) in [6.45, 7) is 2.06. The number of carbonyl (C=O) groups excluding carboxylic acids is 1. The van der Waals surface area contributed by atoms with Gasteiger partial charge in [0.15, 0.2) is 0 Å². The first-order chi connectivity index (χ1) is 15.4. The second-order valence-electron chi connectivity index (χ2n) is 7.26. The third kappa shape index (κ3) is 4.57. The van der Waals surface area contributed by atoms with Crippen LogP contribution < -0.4 is 14.8 Å². The summed E-state index contributed by atoms with van der Waals surface area (Å²) in [5.74, 6) is 0.399. The van der Waals surface area contributed by atoms with Crippen LogP contribution in [0.1, 0.15) is 21.6 Å². The van der Waals surface area contributed by atoms with E-state index in [2.05, 4.69) is 20.0 Å². The quantitative estimate of drug-likeness (QED) is 0.398. The molecule has 32 heavy (non-hydrogen) atoms. The van der Waals surface area contributed by atoms with Crippen LogP contribution in [-0.2, 0) is 16.6 Å². The summed E-state index contributed by atoms with van der Waals surface area (Å²) in [6.07, 6.45) is 3.34. The largest absolute Gasteiger partial charge is 0.497 e. The molecule has 0 saturated heterocycles. The fraction of sp³-hybridized carbons (Fsp3) is 0.130. The number of rotatable bonds is 7. The number of sulfonamides is 1. The van der Waals surface area contributed by atoms with Gasteiger partial charge in [0.1, 0.15) is 11.4 Å². The average molecular weight is 451 g/mol. The van der Waals surface area contributed by atoms with Crippen LogP contribution in [0, 0.1) is 6.92 Å². The number of nitrogens with zero attached hydrogens (tertiary/aromatic N) is 1. The van der Waals surface area contributed by atoms with E-state index in [4.69, 9.17) is 4.74 Å². The zero-order chi connectivity index (χ0) is 22.7. The van der Waals surface area contributed by atoms with Gasteiger partial charge in [-0.3, -0.25) is 14.5 Å². The Hall–Kier alpha value is -3.85. The van der Waals surface area contributed by atoms with Crippen LogP contribution in [0.25, 0.3) is 10.9 Å². The van der Waals surface area contributed by atoms with Gasteiger partial charge in [0.2, 0.25) is 0 Å². The summed E-state index contributed by atoms with van der Waals surface area (Å²) < 4.78 is 33.2. The highest BCUT2D eigenvalue weighted by Gasteiger charge is 2.16. The van der Waals surface area contributed by atoms with E-state index in [1.165, 1.54) is 12.1 Å². The van der Waals surface area contributed by atoms with Crippen molar-refractivity contribution in [2.75, 3.05) is 11.8 Å². The zero-order valence-corrected chi connectivity index (χ0v) is 18.4. The Morgan fingerprint density at radius 3 is 2.56 bits per heavy atom. The van der Waals surface area contributed by atoms with E-state index in [1.54, 1.807) is 68.9 Å². The lowest BCUT2D eigenvalue weighted by molar-refractivity contribution is 0.0946. The molecule has 0 bridgehead atoms. The van der Waals surface area contributed by atoms with E-state index < -0.39 is 10.0 Å². The molecule has 1 amide bonds. The van der Waals surface area contributed by atoms with Crippen LogP contribution in [0.4, 0.5) is 5.69 Å². The van der Waals surface area contributed by atoms with Crippen LogP contribution in [0.5, 0.6) is 5.75 Å². The van der Waals surface area contributed by atoms with Gasteiger partial charge in [-0.05, 0) is 60.5 Å². The van der Waals surface area contributed by atoms with Crippen molar-refractivity contribution in [2.24, 2.45) is 0 Å². The van der Waals surface area contributed by atoms with E-state index >= 15 is 0 Å². The molecule has 0 aliphatic carbocycles. The maximum atomic E-state index is 12.7. The minimum absolute atomic E-state index is 0.130. The van der Waals surface area contributed by atoms with Crippen molar-refractivity contribution < 1.29 is 17.9 Å². The maximum absolute atomic E-state index is 12.7. The Labute approximate surface area is 185 Å². The third-order valence-corrected chi connectivity index (χ3v) is 6.41. The molecule has 0 atom stereocenters. The van der Waals surface area contributed by atoms with Crippen molar-refractivity contribution in [3.8, 4) is 5.75 Å². The summed E-state index contributed by atoms with van der Waals surface area (Å²) in [5.41, 5.74) is 3.27. The summed E-state index contributed by atoms with van der Waals surface area (Å²) >= 11 is 0. The number of fused-ring (bicyclic) bond motifs is 1. The summed E-state index contributed by atoms with van der Waals surface area (Å²) in [5, 5.41) is 3.68. The normalized spacial score (nSPS) is 11.3. The van der Waals surface area contributed by atoms with Gasteiger partial charge in [-0.2, -0.15) is 0 Å². The van der Waals surface area contributed by atoms with Gasteiger partial charge in [-0.1, -0.05) is 12.1 Å². The molecular formula is C23H22N4O4S. The van der Waals surface area contributed by atoms with Gasteiger partial charge in [-0.15, -0.1) is 0 Å². The smallest absolute Gasteiger partial charge is 0.267 e. The average Bonchev–Trinajstić information content (AvgIpc) is 3.23. The molecule has 4 rings (SSSR count). The van der Waals surface area contributed by atoms with Crippen molar-refractivity contribution in [2.45, 2.75) is 18.4 Å². The van der Waals surface area contributed by atoms with E-state index in [1.807, 2.05) is 0 Å². The molecule has 164 valence electrons. The summed E-state index contributed by atoms with van der Waals surface area (Å²) in [6, 6.07) is 15.0. The molecule has 0 spiro atoms. The molecule has 2 aromatic heterocycles. The number of H-pyrrole nitrogens is 1. The second-order valence-corrected chi connectivity index (χ2v) is 8.94. The second kappa shape index (κ2) is 8.72. The fourth-order valence-corrected chi connectivity index (χ4v) is 4.37. The van der Waals surface area contributed by atoms with Crippen molar-refractivity contribution in [1.82, 2.24) is 15.3 Å². The number of methoxy groups -OCH3 is 1. The predicted molar refractivity (Wildman–Crippen MR) is 122 cm³/mol. The number of nitrogens with one attached hydrogen (secondary N) is 3. The van der Waals surface area contributed by atoms with E-state index in [0.717, 1.165) is 22.0 Å². The van der Waals surface area contributed by atoms with Crippen LogP contribution >= 0.6 is 0 Å². The first-order valence-corrected chi connectivity index (χ1v) is 11.3. The number of hydrogen-bond acceptors (Lipinski definition) is 5. The number of amides is 1. The van der Waals surface area contributed by atoms with Gasteiger partial charge in [0.25, 0.3) is 15.9 Å². The predicted octanol–water partition coefficient (Wildman–Crippen LogP) is 3.61. The van der Waals surface area contributed by atoms with Crippen LogP contribution in [0.2, 0.25) is 0 Å². The molecular weight excluding hydrogens is 428 g/mol. The zero-order valence-electron chi connectivity index (χ0n) is 17.5. The highest BCUT2D eigenvalue weighted by molar-refractivity contribution is 7.92. The minimum Gasteiger partial charge on any atom is -0.497 e. The van der Waals surface area contributed by atoms with Crippen molar-refractivity contribution >= 4 is 32.5 Å². The number of benzene rings is 2. The lowest BCUT2D eigenvalue weighted by atomic mass is 10.2. The first kappa shape index (κ1) is 21.4. The topological polar surface area (TPSA) is 113 Å². The van der Waals surface area contributed by atoms with Crippen LogP contribution in [0.3, 0.4) is 0 Å². The third-order valence-electron chi connectivity index (χ3n) is 5.03. The Balaban J connectivity index is 1.41. The van der Waals surface area contributed by atoms with E-state index in [9.17, 15) is 13.2 Å². The highest BCUT2D eigenvalue weighted by Crippen LogP contribution is 2.24. The van der Waals surface area contributed by atoms with Gasteiger partial charge in [-0.25, -0.2) is 8.42 Å². The first-order valence-electron chi connectivity index (χ1n) is 9.83. The number of pyridine rings is 1. The number of ether oxygens (including phenoxy) is 1. The summed E-state index contributed by atoms with van der Waals surface area (Å²) in [7, 11) is -2.19. The standard InChI is InChI=1S/C23H22N4O4S/c1-15-11-18(31-2)5-8-20(15)27-32(29,30)19-6-3-16(4-7-19)13-25-23(28)22-12-17-14-24-10-9-21(17)26-22/h3-12,14,26-27H,13H2,1-2H3,(H,25,28). The molecule has 0 aliphatic rings. The van der Waals surface area contributed by atoms with Crippen LogP contribution in [-0.4, -0.2) is 31.4 Å². The van der Waals surface area contributed by atoms with Gasteiger partial charge in [0.05, 0.1) is 17.7 Å². The number of hydrogen-bond donors (Lipinski definition) is 3. The van der Waals surface area contributed by atoms with Gasteiger partial charge < -0.3 is 15.0 Å². The van der Waals surface area contributed by atoms with Crippen molar-refractivity contribution in [1.29, 1.82) is 0 Å². The van der Waals surface area contributed by atoms with Gasteiger partial charge in [0, 0.05) is 29.8 Å². The summed E-state index contributed by atoms with van der Waals surface area (Å²) in [4.78, 5) is 19.6. The number of anilines is 1. The maximum Gasteiger partial charge on any atom is 0.267 e. The molecule has 0 saturated carbocycles. The lowest BCUT2D eigenvalue weighted by Crippen LogP contribution is -2.23. The molecule has 9 heteroatoms. The van der Waals surface area contributed by atoms with E-state index in [0.29, 0.717) is 17.1 Å². The molecule has 0 aliphatic heterocycles. The lowest BCUT2D eigenvalue weighted by Gasteiger charge is -2.12. The fourth-order valence-electron chi connectivity index (χ4n) is 3.24. The minimum atomic E-state index is -3.75.